The van der Waals surface area contributed by atoms with E-state index in [1.807, 2.05) is 31.2 Å². The van der Waals surface area contributed by atoms with E-state index in [-0.39, 0.29) is 11.6 Å². The number of hydrogen-bond donors (Lipinski definition) is 2. The molecule has 0 aliphatic rings. The minimum absolute atomic E-state index is 0.256. The molecule has 2 aromatic rings. The van der Waals surface area contributed by atoms with Crippen LogP contribution in [0.4, 0.5) is 5.69 Å². The average molecular weight is 241 g/mol. The molecule has 2 rings (SSSR count). The molecule has 0 aliphatic heterocycles. The van der Waals surface area contributed by atoms with Crippen molar-refractivity contribution in [2.24, 2.45) is 0 Å². The van der Waals surface area contributed by atoms with Gasteiger partial charge in [0, 0.05) is 12.7 Å². The Morgan fingerprint density at radius 1 is 1.28 bits per heavy atom. The summed E-state index contributed by atoms with van der Waals surface area (Å²) in [6, 6.07) is 11.3. The fraction of sp³-hybridized carbons (Fsp3) is 0.143. The summed E-state index contributed by atoms with van der Waals surface area (Å²) in [5.74, 6) is -0.256. The van der Waals surface area contributed by atoms with Gasteiger partial charge in [-0.15, -0.1) is 0 Å². The Hall–Kier alpha value is -2.36. The number of nitrogens with zero attached hydrogens (tertiary/aromatic N) is 1. The molecule has 0 fully saturated rings. The number of benzene rings is 1. The highest BCUT2D eigenvalue weighted by Gasteiger charge is 2.09. The Bertz CT molecular complexity index is 549. The number of nitrogens with two attached hydrogens (primary N) is 1. The third-order valence-corrected chi connectivity index (χ3v) is 2.63. The van der Waals surface area contributed by atoms with Gasteiger partial charge in [-0.1, -0.05) is 29.8 Å². The maximum atomic E-state index is 11.9. The second-order valence-electron chi connectivity index (χ2n) is 4.11. The summed E-state index contributed by atoms with van der Waals surface area (Å²) in [5.41, 5.74) is 8.58. The molecule has 1 amide bonds. The first-order valence-electron chi connectivity index (χ1n) is 5.71. The van der Waals surface area contributed by atoms with Gasteiger partial charge in [0.2, 0.25) is 0 Å². The molecule has 0 atom stereocenters. The topological polar surface area (TPSA) is 68.0 Å². The number of aromatic nitrogens is 1. The van der Waals surface area contributed by atoms with Crippen molar-refractivity contribution in [3.05, 3.63) is 59.4 Å². The number of aryl methyl sites for hydroxylation is 1. The number of anilines is 1. The van der Waals surface area contributed by atoms with E-state index < -0.39 is 0 Å². The molecule has 18 heavy (non-hydrogen) atoms. The number of pyridine rings is 1. The molecule has 0 saturated heterocycles. The Labute approximate surface area is 106 Å². The van der Waals surface area contributed by atoms with Crippen LogP contribution in [0.1, 0.15) is 21.6 Å². The van der Waals surface area contributed by atoms with Gasteiger partial charge >= 0.3 is 0 Å². The molecule has 1 heterocycles. The van der Waals surface area contributed by atoms with E-state index in [0.717, 1.165) is 5.56 Å². The van der Waals surface area contributed by atoms with Gasteiger partial charge in [0.15, 0.2) is 5.69 Å². The number of nitrogens with one attached hydrogen (secondary N) is 1. The summed E-state index contributed by atoms with van der Waals surface area (Å²) in [6.45, 7) is 2.49. The van der Waals surface area contributed by atoms with E-state index in [2.05, 4.69) is 10.3 Å². The van der Waals surface area contributed by atoms with Crippen LogP contribution in [0, 0.1) is 6.92 Å². The van der Waals surface area contributed by atoms with Crippen molar-refractivity contribution in [1.82, 2.24) is 10.3 Å². The number of rotatable bonds is 3. The lowest BCUT2D eigenvalue weighted by Gasteiger charge is -2.06. The fourth-order valence-electron chi connectivity index (χ4n) is 1.58. The predicted octanol–water partition coefficient (Wildman–Crippen LogP) is 1.90. The Morgan fingerprint density at radius 2 is 2.00 bits per heavy atom. The van der Waals surface area contributed by atoms with Crippen LogP contribution < -0.4 is 11.1 Å². The average Bonchev–Trinajstić information content (AvgIpc) is 2.38. The van der Waals surface area contributed by atoms with Gasteiger partial charge in [-0.2, -0.15) is 0 Å². The lowest BCUT2D eigenvalue weighted by Crippen LogP contribution is -2.24. The first-order valence-corrected chi connectivity index (χ1v) is 5.71. The molecule has 4 nitrogen and oxygen atoms in total. The highest BCUT2D eigenvalue weighted by atomic mass is 16.1. The predicted molar refractivity (Wildman–Crippen MR) is 71.0 cm³/mol. The van der Waals surface area contributed by atoms with Crippen molar-refractivity contribution in [3.63, 3.8) is 0 Å². The third-order valence-electron chi connectivity index (χ3n) is 2.63. The largest absolute Gasteiger partial charge is 0.397 e. The quantitative estimate of drug-likeness (QED) is 0.862. The summed E-state index contributed by atoms with van der Waals surface area (Å²) in [4.78, 5) is 15.8. The monoisotopic (exact) mass is 241 g/mol. The summed E-state index contributed by atoms with van der Waals surface area (Å²) >= 11 is 0. The summed E-state index contributed by atoms with van der Waals surface area (Å²) in [5, 5.41) is 2.79. The second kappa shape index (κ2) is 5.31. The van der Waals surface area contributed by atoms with E-state index in [4.69, 9.17) is 5.73 Å². The molecule has 1 aromatic heterocycles. The Morgan fingerprint density at radius 3 is 2.67 bits per heavy atom. The lowest BCUT2D eigenvalue weighted by molar-refractivity contribution is 0.0947. The highest BCUT2D eigenvalue weighted by molar-refractivity contribution is 5.96. The molecule has 0 unspecified atom stereocenters. The lowest BCUT2D eigenvalue weighted by atomic mass is 10.1. The van der Waals surface area contributed by atoms with Gasteiger partial charge in [-0.25, -0.2) is 4.98 Å². The highest BCUT2D eigenvalue weighted by Crippen LogP contribution is 2.07. The summed E-state index contributed by atoms with van der Waals surface area (Å²) in [7, 11) is 0. The minimum Gasteiger partial charge on any atom is -0.397 e. The van der Waals surface area contributed by atoms with Crippen LogP contribution in [0.5, 0.6) is 0 Å². The fourth-order valence-corrected chi connectivity index (χ4v) is 1.58. The zero-order valence-corrected chi connectivity index (χ0v) is 10.2. The summed E-state index contributed by atoms with van der Waals surface area (Å²) < 4.78 is 0. The van der Waals surface area contributed by atoms with Crippen LogP contribution in [-0.2, 0) is 6.54 Å². The maximum absolute atomic E-state index is 11.9. The smallest absolute Gasteiger partial charge is 0.272 e. The number of amides is 1. The first-order chi connectivity index (χ1) is 8.66. The SMILES string of the molecule is Cc1ccc(CNC(=O)c2ncccc2N)cc1. The molecule has 92 valence electrons. The molecular weight excluding hydrogens is 226 g/mol. The molecule has 0 radical (unpaired) electrons. The molecule has 0 saturated carbocycles. The van der Waals surface area contributed by atoms with E-state index in [9.17, 15) is 4.79 Å². The molecule has 0 spiro atoms. The molecule has 0 bridgehead atoms. The van der Waals surface area contributed by atoms with Crippen LogP contribution in [0.25, 0.3) is 0 Å². The number of hydrogen-bond acceptors (Lipinski definition) is 3. The molecule has 0 aliphatic carbocycles. The summed E-state index contributed by atoms with van der Waals surface area (Å²) in [6.07, 6.45) is 1.55. The van der Waals surface area contributed by atoms with E-state index in [0.29, 0.717) is 12.2 Å². The van der Waals surface area contributed by atoms with Crippen molar-refractivity contribution in [2.45, 2.75) is 13.5 Å². The van der Waals surface area contributed by atoms with Gasteiger partial charge in [-0.05, 0) is 24.6 Å². The van der Waals surface area contributed by atoms with E-state index in [1.54, 1.807) is 18.3 Å². The molecule has 4 heteroatoms. The molecule has 3 N–H and O–H groups in total. The van der Waals surface area contributed by atoms with Crippen molar-refractivity contribution < 1.29 is 4.79 Å². The van der Waals surface area contributed by atoms with Gasteiger partial charge in [-0.3, -0.25) is 4.79 Å². The van der Waals surface area contributed by atoms with Crippen molar-refractivity contribution in [2.75, 3.05) is 5.73 Å². The first kappa shape index (κ1) is 12.1. The van der Waals surface area contributed by atoms with Crippen molar-refractivity contribution in [3.8, 4) is 0 Å². The Balaban J connectivity index is 2.01. The van der Waals surface area contributed by atoms with Crippen molar-refractivity contribution >= 4 is 11.6 Å². The standard InChI is InChI=1S/C14H15N3O/c1-10-4-6-11(7-5-10)9-17-14(18)13-12(15)3-2-8-16-13/h2-8H,9,15H2,1H3,(H,17,18). The van der Waals surface area contributed by atoms with Crippen LogP contribution >= 0.6 is 0 Å². The second-order valence-corrected chi connectivity index (χ2v) is 4.11. The van der Waals surface area contributed by atoms with Crippen LogP contribution in [0.15, 0.2) is 42.6 Å². The van der Waals surface area contributed by atoms with Gasteiger partial charge in [0.1, 0.15) is 0 Å². The van der Waals surface area contributed by atoms with Crippen molar-refractivity contribution in [1.29, 1.82) is 0 Å². The minimum atomic E-state index is -0.256. The molecule has 1 aromatic carbocycles. The van der Waals surface area contributed by atoms with Crippen LogP contribution in [-0.4, -0.2) is 10.9 Å². The molecular formula is C14H15N3O. The zero-order valence-electron chi connectivity index (χ0n) is 10.2. The van der Waals surface area contributed by atoms with Gasteiger partial charge < -0.3 is 11.1 Å². The third kappa shape index (κ3) is 2.85. The van der Waals surface area contributed by atoms with Gasteiger partial charge in [0.25, 0.3) is 5.91 Å². The normalized spacial score (nSPS) is 10.1. The Kier molecular flexibility index (Phi) is 3.57. The zero-order chi connectivity index (χ0) is 13.0. The number of nitrogen functional groups attached to an aromatic ring is 1. The number of carbonyl (C=O) groups excluding carboxylic acids is 1. The van der Waals surface area contributed by atoms with Crippen LogP contribution in [0.2, 0.25) is 0 Å². The maximum Gasteiger partial charge on any atom is 0.272 e. The van der Waals surface area contributed by atoms with Gasteiger partial charge in [0.05, 0.1) is 5.69 Å². The van der Waals surface area contributed by atoms with E-state index >= 15 is 0 Å². The van der Waals surface area contributed by atoms with Crippen LogP contribution in [0.3, 0.4) is 0 Å². The number of carbonyl (C=O) groups is 1. The van der Waals surface area contributed by atoms with E-state index in [1.165, 1.54) is 5.56 Å².